The van der Waals surface area contributed by atoms with Gasteiger partial charge in [0.1, 0.15) is 0 Å². The van der Waals surface area contributed by atoms with Gasteiger partial charge in [0.2, 0.25) is 0 Å². The van der Waals surface area contributed by atoms with Crippen molar-refractivity contribution >= 4 is 48.3 Å². The van der Waals surface area contributed by atoms with E-state index in [9.17, 15) is 4.79 Å². The molecular weight excluding hydrogens is 431 g/mol. The van der Waals surface area contributed by atoms with Crippen LogP contribution in [0, 0.1) is 31.6 Å². The van der Waals surface area contributed by atoms with Crippen LogP contribution in [0.3, 0.4) is 0 Å². The summed E-state index contributed by atoms with van der Waals surface area (Å²) in [5.41, 5.74) is 2.49. The zero-order chi connectivity index (χ0) is 16.9. The predicted octanol–water partition coefficient (Wildman–Crippen LogP) is 3.79. The molecule has 0 unspecified atom stereocenters. The van der Waals surface area contributed by atoms with Crippen LogP contribution in [-0.4, -0.2) is 26.7 Å². The van der Waals surface area contributed by atoms with Gasteiger partial charge in [-0.3, -0.25) is 0 Å². The first-order valence-corrected chi connectivity index (χ1v) is 8.91. The van der Waals surface area contributed by atoms with Crippen LogP contribution in [0.5, 0.6) is 0 Å². The summed E-state index contributed by atoms with van der Waals surface area (Å²) in [6.45, 7) is 0. The summed E-state index contributed by atoms with van der Waals surface area (Å²) < 4.78 is 1.37. The number of amides is 1. The SMILES string of the molecule is O=C(NC([Se])=Nc1ccc([C]2[CH][CH][CH][CH]2)cc1)c1ccc(Br)cc1. The van der Waals surface area contributed by atoms with Gasteiger partial charge < -0.3 is 0 Å². The van der Waals surface area contributed by atoms with Gasteiger partial charge in [-0.1, -0.05) is 0 Å². The van der Waals surface area contributed by atoms with E-state index in [1.807, 2.05) is 49.2 Å². The molecule has 1 aliphatic carbocycles. The van der Waals surface area contributed by atoms with Crippen molar-refractivity contribution in [1.82, 2.24) is 5.32 Å². The van der Waals surface area contributed by atoms with Crippen molar-refractivity contribution < 1.29 is 4.79 Å². The van der Waals surface area contributed by atoms with Crippen LogP contribution < -0.4 is 5.32 Å². The summed E-state index contributed by atoms with van der Waals surface area (Å²) in [5, 5.41) is 2.75. The Hall–Kier alpha value is -1.42. The van der Waals surface area contributed by atoms with Crippen LogP contribution in [0.15, 0.2) is 58.0 Å². The molecule has 1 N–H and O–H groups in total. The second-order valence-electron chi connectivity index (χ2n) is 5.10. The first-order chi connectivity index (χ1) is 11.6. The van der Waals surface area contributed by atoms with Crippen LogP contribution >= 0.6 is 15.9 Å². The van der Waals surface area contributed by atoms with E-state index >= 15 is 0 Å². The average molecular weight is 444 g/mol. The molecule has 5 heteroatoms. The summed E-state index contributed by atoms with van der Waals surface area (Å²) >= 11 is 6.14. The van der Waals surface area contributed by atoms with Gasteiger partial charge in [-0.25, -0.2) is 0 Å². The van der Waals surface area contributed by atoms with Gasteiger partial charge in [0.25, 0.3) is 0 Å². The number of amidine groups is 1. The molecule has 118 valence electrons. The minimum absolute atomic E-state index is 0.201. The first kappa shape index (κ1) is 17.4. The summed E-state index contributed by atoms with van der Waals surface area (Å²) in [5.74, 6) is 0.978. The van der Waals surface area contributed by atoms with Crippen LogP contribution in [0.1, 0.15) is 15.9 Å². The molecule has 0 saturated heterocycles. The van der Waals surface area contributed by atoms with Gasteiger partial charge in [0, 0.05) is 0 Å². The van der Waals surface area contributed by atoms with Crippen LogP contribution in [0.2, 0.25) is 0 Å². The molecule has 1 saturated carbocycles. The number of carbonyl (C=O) groups excluding carboxylic acids is 1. The van der Waals surface area contributed by atoms with E-state index in [1.54, 1.807) is 12.1 Å². The zero-order valence-corrected chi connectivity index (χ0v) is 15.9. The second kappa shape index (κ2) is 8.11. The number of carbonyl (C=O) groups is 1. The van der Waals surface area contributed by atoms with E-state index in [0.717, 1.165) is 15.7 Å². The van der Waals surface area contributed by atoms with E-state index < -0.39 is 0 Å². The molecule has 1 fully saturated rings. The van der Waals surface area contributed by atoms with Gasteiger partial charge in [-0.2, -0.15) is 0 Å². The number of nitrogens with zero attached hydrogens (tertiary/aromatic N) is 1. The van der Waals surface area contributed by atoms with E-state index in [4.69, 9.17) is 0 Å². The van der Waals surface area contributed by atoms with Crippen molar-refractivity contribution in [3.63, 3.8) is 0 Å². The zero-order valence-electron chi connectivity index (χ0n) is 12.6. The molecule has 0 bridgehead atoms. The summed E-state index contributed by atoms with van der Waals surface area (Å²) in [6, 6.07) is 15.0. The molecule has 2 aromatic rings. The molecule has 0 aliphatic heterocycles. The van der Waals surface area contributed by atoms with Crippen molar-refractivity contribution in [2.24, 2.45) is 4.99 Å². The molecule has 3 rings (SSSR count). The monoisotopic (exact) mass is 444 g/mol. The normalized spacial score (nSPS) is 15.5. The quantitative estimate of drug-likeness (QED) is 0.437. The van der Waals surface area contributed by atoms with E-state index in [2.05, 4.69) is 55.1 Å². The molecular formula is C19H13BrN2OSe. The molecule has 1 amide bonds. The Balaban J connectivity index is 1.64. The van der Waals surface area contributed by atoms with Crippen LogP contribution in [0.25, 0.3) is 0 Å². The average Bonchev–Trinajstić information content (AvgIpc) is 3.10. The van der Waals surface area contributed by atoms with Crippen molar-refractivity contribution in [1.29, 1.82) is 0 Å². The molecule has 1 aliphatic rings. The first-order valence-electron chi connectivity index (χ1n) is 7.26. The fraction of sp³-hybridized carbons (Fsp3) is 0. The van der Waals surface area contributed by atoms with Gasteiger partial charge in [-0.15, -0.1) is 0 Å². The Labute approximate surface area is 158 Å². The second-order valence-corrected chi connectivity index (χ2v) is 6.83. The molecule has 3 nitrogen and oxygen atoms in total. The standard InChI is InChI=1S/C19H13BrN2OSe/c20-16-9-5-15(6-10-16)18(23)22-19(24)21-17-11-7-14(8-12-17)13-3-1-2-4-13/h1-12H,(H,21,22,23). The number of benzene rings is 2. The Kier molecular flexibility index (Phi) is 5.88. The number of halogens is 1. The summed E-state index contributed by atoms with van der Waals surface area (Å²) in [7, 11) is 0. The fourth-order valence-corrected chi connectivity index (χ4v) is 2.89. The maximum absolute atomic E-state index is 12.1. The topological polar surface area (TPSA) is 41.5 Å². The molecule has 0 aromatic heterocycles. The maximum atomic E-state index is 12.1. The fourth-order valence-electron chi connectivity index (χ4n) is 2.21. The predicted molar refractivity (Wildman–Crippen MR) is 100 cm³/mol. The van der Waals surface area contributed by atoms with Crippen LogP contribution in [0.4, 0.5) is 5.69 Å². The molecule has 0 heterocycles. The third kappa shape index (κ3) is 4.56. The number of aliphatic imine (C=N–C) groups is 1. The third-order valence-corrected chi connectivity index (χ3v) is 4.36. The van der Waals surface area contributed by atoms with Gasteiger partial charge in [-0.05, 0) is 0 Å². The van der Waals surface area contributed by atoms with E-state index in [-0.39, 0.29) is 5.91 Å². The molecule has 24 heavy (non-hydrogen) atoms. The van der Waals surface area contributed by atoms with Gasteiger partial charge in [0.05, 0.1) is 0 Å². The van der Waals surface area contributed by atoms with E-state index in [1.165, 1.54) is 5.92 Å². The van der Waals surface area contributed by atoms with Crippen molar-refractivity contribution in [3.05, 3.63) is 95.7 Å². The Morgan fingerprint density at radius 3 is 2.21 bits per heavy atom. The molecule has 0 spiro atoms. The van der Waals surface area contributed by atoms with E-state index in [0.29, 0.717) is 10.3 Å². The third-order valence-electron chi connectivity index (χ3n) is 3.42. The van der Waals surface area contributed by atoms with Crippen LogP contribution in [-0.2, 0) is 0 Å². The summed E-state index contributed by atoms with van der Waals surface area (Å²) in [6.07, 6.45) is 8.15. The van der Waals surface area contributed by atoms with Crippen molar-refractivity contribution in [2.75, 3.05) is 0 Å². The van der Waals surface area contributed by atoms with Gasteiger partial charge >= 0.3 is 159 Å². The summed E-state index contributed by atoms with van der Waals surface area (Å²) in [4.78, 5) is 16.5. The minimum atomic E-state index is -0.201. The van der Waals surface area contributed by atoms with Gasteiger partial charge in [0.15, 0.2) is 0 Å². The molecule has 2 aromatic carbocycles. The Morgan fingerprint density at radius 2 is 1.58 bits per heavy atom. The van der Waals surface area contributed by atoms with Crippen molar-refractivity contribution in [2.45, 2.75) is 0 Å². The Morgan fingerprint density at radius 1 is 0.958 bits per heavy atom. The van der Waals surface area contributed by atoms with Crippen molar-refractivity contribution in [3.8, 4) is 0 Å². The number of hydrogen-bond donors (Lipinski definition) is 1. The Bertz CT molecular complexity index is 735. The molecule has 6 radical (unpaired) electrons. The number of hydrogen-bond acceptors (Lipinski definition) is 2. The number of nitrogens with one attached hydrogen (secondary N) is 1. The molecule has 0 atom stereocenters. The number of rotatable bonds is 3.